The fourth-order valence-corrected chi connectivity index (χ4v) is 5.54. The van der Waals surface area contributed by atoms with Gasteiger partial charge in [0.1, 0.15) is 10.4 Å². The normalized spacial score (nSPS) is 18.9. The van der Waals surface area contributed by atoms with Gasteiger partial charge in [-0.25, -0.2) is 17.5 Å². The maximum atomic E-state index is 13.2. The summed E-state index contributed by atoms with van der Waals surface area (Å²) >= 11 is 3.37. The van der Waals surface area contributed by atoms with Crippen LogP contribution in [0.25, 0.3) is 0 Å². The molecule has 0 aliphatic carbocycles. The van der Waals surface area contributed by atoms with E-state index in [9.17, 15) is 13.2 Å². The zero-order chi connectivity index (χ0) is 20.7. The molecular weight excluding hydrogens is 461 g/mol. The van der Waals surface area contributed by atoms with Crippen molar-refractivity contribution in [3.05, 3.63) is 52.6 Å². The summed E-state index contributed by atoms with van der Waals surface area (Å²) < 4.78 is 27.0. The quantitative estimate of drug-likeness (QED) is 0.483. The molecule has 2 atom stereocenters. The van der Waals surface area contributed by atoms with E-state index in [4.69, 9.17) is 0 Å². The molecule has 9 heteroatoms. The fourth-order valence-electron chi connectivity index (χ4n) is 3.69. The smallest absolute Gasteiger partial charge is 0.274 e. The lowest BCUT2D eigenvalue weighted by atomic mass is 9.97. The van der Waals surface area contributed by atoms with Crippen molar-refractivity contribution in [3.8, 4) is 0 Å². The number of hydrogen-bond acceptors (Lipinski definition) is 5. The third-order valence-corrected chi connectivity index (χ3v) is 7.96. The summed E-state index contributed by atoms with van der Waals surface area (Å²) in [5, 5.41) is 0. The number of nitrogens with zero attached hydrogens (tertiary/aromatic N) is 3. The lowest BCUT2D eigenvalue weighted by Crippen LogP contribution is -2.40. The zero-order valence-corrected chi connectivity index (χ0v) is 19.5. The summed E-state index contributed by atoms with van der Waals surface area (Å²) in [5.74, 6) is 0.294. The second kappa shape index (κ2) is 7.73. The first-order valence-electron chi connectivity index (χ1n) is 8.87. The van der Waals surface area contributed by atoms with Gasteiger partial charge in [0.2, 0.25) is 0 Å². The molecule has 0 N–H and O–H groups in total. The summed E-state index contributed by atoms with van der Waals surface area (Å²) in [6, 6.07) is 11.2. The highest BCUT2D eigenvalue weighted by Crippen LogP contribution is 2.38. The largest absolute Gasteiger partial charge is 0.351 e. The van der Waals surface area contributed by atoms with Crippen molar-refractivity contribution >= 4 is 47.1 Å². The Morgan fingerprint density at radius 1 is 1.25 bits per heavy atom. The standard InChI is InChI=1S/C19H23BrN3O3PS/c1-13-11-19(2,3)22(12-13)17-15(9-10-16(20)21-17)18(24)23(27)28(25,26)14-7-5-4-6-8-14/h4-10,13H,11-12,27H2,1-3H3/t13-/m0/s1. The van der Waals surface area contributed by atoms with Gasteiger partial charge in [-0.05, 0) is 75.8 Å². The molecule has 1 aliphatic rings. The molecular formula is C19H23BrN3O3PS. The molecule has 1 aromatic carbocycles. The molecule has 1 saturated heterocycles. The van der Waals surface area contributed by atoms with Crippen LogP contribution < -0.4 is 4.90 Å². The Morgan fingerprint density at radius 3 is 2.46 bits per heavy atom. The third-order valence-electron chi connectivity index (χ3n) is 4.90. The van der Waals surface area contributed by atoms with E-state index in [1.165, 1.54) is 12.1 Å². The zero-order valence-electron chi connectivity index (χ0n) is 16.0. The van der Waals surface area contributed by atoms with Gasteiger partial charge in [-0.3, -0.25) is 4.79 Å². The highest BCUT2D eigenvalue weighted by molar-refractivity contribution is 9.10. The number of anilines is 1. The van der Waals surface area contributed by atoms with E-state index < -0.39 is 15.9 Å². The van der Waals surface area contributed by atoms with Crippen molar-refractivity contribution in [1.29, 1.82) is 0 Å². The maximum Gasteiger partial charge on any atom is 0.274 e. The number of aromatic nitrogens is 1. The van der Waals surface area contributed by atoms with Crippen LogP contribution in [0.2, 0.25) is 0 Å². The number of carbonyl (C=O) groups is 1. The average molecular weight is 484 g/mol. The van der Waals surface area contributed by atoms with Crippen molar-refractivity contribution < 1.29 is 13.2 Å². The minimum absolute atomic E-state index is 0.0556. The Labute approximate surface area is 176 Å². The molecule has 0 bridgehead atoms. The molecule has 1 amide bonds. The minimum Gasteiger partial charge on any atom is -0.351 e. The molecule has 2 heterocycles. The van der Waals surface area contributed by atoms with Gasteiger partial charge in [-0.15, -0.1) is 0 Å². The Kier molecular flexibility index (Phi) is 5.86. The number of amides is 1. The molecule has 3 rings (SSSR count). The first kappa shape index (κ1) is 21.2. The molecule has 1 aliphatic heterocycles. The number of halogens is 1. The second-order valence-corrected chi connectivity index (χ2v) is 11.2. The number of pyridine rings is 1. The van der Waals surface area contributed by atoms with Crippen LogP contribution in [0.5, 0.6) is 0 Å². The van der Waals surface area contributed by atoms with E-state index in [2.05, 4.69) is 46.6 Å². The Balaban J connectivity index is 2.03. The van der Waals surface area contributed by atoms with Gasteiger partial charge in [-0.2, -0.15) is 0 Å². The van der Waals surface area contributed by atoms with Gasteiger partial charge in [-0.1, -0.05) is 25.1 Å². The molecule has 2 aromatic rings. The Bertz CT molecular complexity index is 999. The van der Waals surface area contributed by atoms with E-state index in [0.29, 0.717) is 20.4 Å². The first-order valence-corrected chi connectivity index (χ1v) is 11.6. The predicted molar refractivity (Wildman–Crippen MR) is 117 cm³/mol. The van der Waals surface area contributed by atoms with Crippen LogP contribution in [0.1, 0.15) is 37.6 Å². The molecule has 6 nitrogen and oxygen atoms in total. The Morgan fingerprint density at radius 2 is 1.89 bits per heavy atom. The van der Waals surface area contributed by atoms with Crippen LogP contribution >= 0.6 is 25.3 Å². The summed E-state index contributed by atoms with van der Waals surface area (Å²) in [4.78, 5) is 19.9. The van der Waals surface area contributed by atoms with Gasteiger partial charge in [0.15, 0.2) is 0 Å². The van der Waals surface area contributed by atoms with Crippen molar-refractivity contribution in [2.75, 3.05) is 11.4 Å². The summed E-state index contributed by atoms with van der Waals surface area (Å²) in [5.41, 5.74) is 0.0617. The number of hydrogen-bond donors (Lipinski definition) is 0. The van der Waals surface area contributed by atoms with Crippen molar-refractivity contribution in [3.63, 3.8) is 0 Å². The van der Waals surface area contributed by atoms with Crippen LogP contribution in [0, 0.1) is 5.92 Å². The molecule has 28 heavy (non-hydrogen) atoms. The van der Waals surface area contributed by atoms with E-state index in [1.54, 1.807) is 30.3 Å². The van der Waals surface area contributed by atoms with Crippen LogP contribution in [-0.2, 0) is 10.0 Å². The minimum atomic E-state index is -3.99. The predicted octanol–water partition coefficient (Wildman–Crippen LogP) is 4.09. The van der Waals surface area contributed by atoms with E-state index in [-0.39, 0.29) is 16.0 Å². The van der Waals surface area contributed by atoms with Gasteiger partial charge in [0.25, 0.3) is 15.9 Å². The van der Waals surface area contributed by atoms with E-state index >= 15 is 0 Å². The topological polar surface area (TPSA) is 70.6 Å². The molecule has 1 aromatic heterocycles. The number of carbonyl (C=O) groups excluding carboxylic acids is 1. The highest BCUT2D eigenvalue weighted by atomic mass is 79.9. The van der Waals surface area contributed by atoms with Gasteiger partial charge in [0.05, 0.1) is 10.5 Å². The number of benzene rings is 1. The number of sulfonamides is 1. The van der Waals surface area contributed by atoms with Crippen LogP contribution in [0.3, 0.4) is 0 Å². The molecule has 1 fully saturated rings. The van der Waals surface area contributed by atoms with Gasteiger partial charge >= 0.3 is 0 Å². The van der Waals surface area contributed by atoms with Crippen LogP contribution in [0.15, 0.2) is 52.0 Å². The maximum absolute atomic E-state index is 13.2. The highest BCUT2D eigenvalue weighted by Gasteiger charge is 2.40. The summed E-state index contributed by atoms with van der Waals surface area (Å²) in [7, 11) is -1.95. The molecule has 150 valence electrons. The average Bonchev–Trinajstić information content (AvgIpc) is 2.93. The second-order valence-electron chi connectivity index (χ2n) is 7.66. The van der Waals surface area contributed by atoms with Crippen molar-refractivity contribution in [2.24, 2.45) is 5.92 Å². The number of rotatable bonds is 4. The summed E-state index contributed by atoms with van der Waals surface area (Å²) in [6.07, 6.45) is 0.960. The van der Waals surface area contributed by atoms with Crippen LogP contribution in [-0.4, -0.2) is 35.5 Å². The van der Waals surface area contributed by atoms with Crippen LogP contribution in [0.4, 0.5) is 5.82 Å². The first-order chi connectivity index (χ1) is 13.0. The SMILES string of the molecule is C[C@@H]1CN(c2nc(Br)ccc2C(=O)N(P)S(=O)(=O)c2ccccc2)C(C)(C)C1. The van der Waals surface area contributed by atoms with Gasteiger partial charge < -0.3 is 4.90 Å². The Hall–Kier alpha value is -1.50. The molecule has 1 unspecified atom stereocenters. The third kappa shape index (κ3) is 3.95. The fraction of sp³-hybridized carbons (Fsp3) is 0.368. The lowest BCUT2D eigenvalue weighted by Gasteiger charge is -2.34. The monoisotopic (exact) mass is 483 g/mol. The van der Waals surface area contributed by atoms with Crippen molar-refractivity contribution in [2.45, 2.75) is 37.6 Å². The lowest BCUT2D eigenvalue weighted by molar-refractivity contribution is 0.0927. The summed E-state index contributed by atoms with van der Waals surface area (Å²) in [6.45, 7) is 7.11. The van der Waals surface area contributed by atoms with Crippen molar-refractivity contribution in [1.82, 2.24) is 9.06 Å². The molecule has 0 spiro atoms. The molecule has 0 saturated carbocycles. The molecule has 0 radical (unpaired) electrons. The van der Waals surface area contributed by atoms with E-state index in [1.807, 2.05) is 9.39 Å². The van der Waals surface area contributed by atoms with Gasteiger partial charge in [0, 0.05) is 12.1 Å². The van der Waals surface area contributed by atoms with E-state index in [0.717, 1.165) is 13.0 Å².